The molecule has 0 spiro atoms. The molecule has 1 unspecified atom stereocenters. The van der Waals surface area contributed by atoms with Crippen molar-refractivity contribution in [3.8, 4) is 0 Å². The van der Waals surface area contributed by atoms with Crippen LogP contribution in [0.15, 0.2) is 16.8 Å². The van der Waals surface area contributed by atoms with E-state index in [1.807, 2.05) is 0 Å². The monoisotopic (exact) mass is 596 g/mol. The molecule has 41 heavy (non-hydrogen) atoms. The number of aromatic amines is 1. The van der Waals surface area contributed by atoms with Crippen molar-refractivity contribution in [2.45, 2.75) is 76.1 Å². The molecule has 4 rings (SSSR count). The molecule has 9 nitrogen and oxygen atoms in total. The molecule has 3 N–H and O–H groups in total. The van der Waals surface area contributed by atoms with Gasteiger partial charge in [-0.25, -0.2) is 44.7 Å². The Morgan fingerprint density at radius 1 is 1.10 bits per heavy atom. The normalized spacial score (nSPS) is 18.0. The maximum atomic E-state index is 15.6. The molecule has 2 aromatic heterocycles. The number of imidazole rings is 1. The van der Waals surface area contributed by atoms with Crippen LogP contribution in [0.1, 0.15) is 71.6 Å². The summed E-state index contributed by atoms with van der Waals surface area (Å²) in [6.45, 7) is 1.44. The molecule has 1 aliphatic carbocycles. The smallest absolute Gasteiger partial charge is 0.287 e. The predicted octanol–water partition coefficient (Wildman–Crippen LogP) is 5.11. The number of hydrogen-bond donors (Lipinski definition) is 3. The van der Waals surface area contributed by atoms with E-state index in [-0.39, 0.29) is 35.6 Å². The Balaban J connectivity index is 1.70. The Labute approximate surface area is 226 Å². The second-order valence-corrected chi connectivity index (χ2v) is 9.75. The zero-order valence-corrected chi connectivity index (χ0v) is 21.2. The van der Waals surface area contributed by atoms with Gasteiger partial charge in [0.2, 0.25) is 24.6 Å². The van der Waals surface area contributed by atoms with Gasteiger partial charge in [-0.15, -0.1) is 0 Å². The van der Waals surface area contributed by atoms with Crippen LogP contribution in [0.2, 0.25) is 0 Å². The lowest BCUT2D eigenvalue weighted by Crippen LogP contribution is -2.40. The Morgan fingerprint density at radius 2 is 1.78 bits per heavy atom. The molecular weight excluding hydrogens is 572 g/mol. The van der Waals surface area contributed by atoms with Crippen LogP contribution in [0, 0.1) is 18.7 Å². The van der Waals surface area contributed by atoms with E-state index in [0.717, 1.165) is 6.07 Å². The molecule has 0 radical (unpaired) electrons. The number of fused-ring (bicyclic) bond motifs is 1. The van der Waals surface area contributed by atoms with Crippen molar-refractivity contribution in [3.63, 3.8) is 0 Å². The summed E-state index contributed by atoms with van der Waals surface area (Å²) in [7, 11) is 0. The van der Waals surface area contributed by atoms with Crippen molar-refractivity contribution in [2.24, 2.45) is 5.92 Å². The van der Waals surface area contributed by atoms with Gasteiger partial charge < -0.3 is 15.6 Å². The third kappa shape index (κ3) is 6.75. The van der Waals surface area contributed by atoms with Crippen LogP contribution < -0.4 is 10.6 Å². The summed E-state index contributed by atoms with van der Waals surface area (Å²) in [5, 5.41) is 10.9. The van der Waals surface area contributed by atoms with Gasteiger partial charge in [0, 0.05) is 24.8 Å². The lowest BCUT2D eigenvalue weighted by molar-refractivity contribution is -0.127. The Bertz CT molecular complexity index is 1390. The quantitative estimate of drug-likeness (QED) is 0.221. The number of hydrogen-bond acceptors (Lipinski definition) is 6. The van der Waals surface area contributed by atoms with Crippen molar-refractivity contribution in [3.05, 3.63) is 40.7 Å². The van der Waals surface area contributed by atoms with Crippen molar-refractivity contribution in [1.82, 2.24) is 30.9 Å². The average molecular weight is 596 g/mol. The summed E-state index contributed by atoms with van der Waals surface area (Å²) in [5.74, 6) is -9.24. The number of nitrogens with one attached hydrogen (secondary N) is 3. The molecule has 3 aromatic rings. The number of halogens is 8. The van der Waals surface area contributed by atoms with Gasteiger partial charge in [0.05, 0.1) is 17.5 Å². The third-order valence-corrected chi connectivity index (χ3v) is 6.93. The first kappa shape index (κ1) is 30.2. The number of carbonyl (C=O) groups excluding carboxylic acids is 2. The minimum Gasteiger partial charge on any atom is -0.340 e. The number of H-pyrrole nitrogens is 1. The summed E-state index contributed by atoms with van der Waals surface area (Å²) in [5.41, 5.74) is -1.17. The molecule has 2 heterocycles. The maximum absolute atomic E-state index is 15.6. The molecule has 1 fully saturated rings. The number of rotatable bonds is 10. The van der Waals surface area contributed by atoms with Gasteiger partial charge in [0.1, 0.15) is 17.0 Å². The van der Waals surface area contributed by atoms with Crippen LogP contribution in [0.5, 0.6) is 0 Å². The minimum absolute atomic E-state index is 0.00641. The average Bonchev–Trinajstić information content (AvgIpc) is 3.53. The Kier molecular flexibility index (Phi) is 8.82. The topological polar surface area (TPSA) is 126 Å². The SMILES string of the molecule is Cc1nonc1C(=O)N[C@H](c1nc2c(F)c([C@H](CC(F)F)C(=O)NC(F)C(F)F)ccc2[nH]1)C1CCC(F)(F)CC1. The lowest BCUT2D eigenvalue weighted by atomic mass is 9.81. The summed E-state index contributed by atoms with van der Waals surface area (Å²) in [6.07, 6.45) is -12.3. The van der Waals surface area contributed by atoms with Gasteiger partial charge in [0.15, 0.2) is 11.5 Å². The van der Waals surface area contributed by atoms with Crippen LogP contribution in [0.25, 0.3) is 11.0 Å². The van der Waals surface area contributed by atoms with Crippen molar-refractivity contribution in [1.29, 1.82) is 0 Å². The predicted molar refractivity (Wildman–Crippen MR) is 125 cm³/mol. The number of benzene rings is 1. The van der Waals surface area contributed by atoms with E-state index in [9.17, 15) is 40.3 Å². The Morgan fingerprint density at radius 3 is 2.37 bits per heavy atom. The van der Waals surface area contributed by atoms with Crippen LogP contribution in [0.4, 0.5) is 35.1 Å². The first-order chi connectivity index (χ1) is 19.3. The highest BCUT2D eigenvalue weighted by Gasteiger charge is 2.40. The molecule has 1 aliphatic rings. The number of aryl methyl sites for hydroxylation is 1. The fourth-order valence-electron chi connectivity index (χ4n) is 4.80. The van der Waals surface area contributed by atoms with E-state index in [0.29, 0.717) is 0 Å². The summed E-state index contributed by atoms with van der Waals surface area (Å²) in [4.78, 5) is 32.2. The van der Waals surface area contributed by atoms with E-state index < -0.39 is 90.9 Å². The molecule has 0 aliphatic heterocycles. The molecule has 2 amide bonds. The first-order valence-corrected chi connectivity index (χ1v) is 12.4. The van der Waals surface area contributed by atoms with E-state index in [1.54, 1.807) is 0 Å². The van der Waals surface area contributed by atoms with Gasteiger partial charge in [-0.05, 0) is 36.9 Å². The van der Waals surface area contributed by atoms with E-state index in [4.69, 9.17) is 0 Å². The van der Waals surface area contributed by atoms with Crippen molar-refractivity contribution >= 4 is 22.8 Å². The van der Waals surface area contributed by atoms with Crippen molar-refractivity contribution < 1.29 is 49.3 Å². The zero-order chi connectivity index (χ0) is 30.1. The summed E-state index contributed by atoms with van der Waals surface area (Å²) in [6, 6.07) is 1.06. The molecule has 0 bridgehead atoms. The fourth-order valence-corrected chi connectivity index (χ4v) is 4.80. The molecule has 0 saturated heterocycles. The largest absolute Gasteiger partial charge is 0.340 e. The standard InChI is InChI=1S/C24H24F8N6O3/c1-9-16(38-41-37-9)23(40)35-17(10-4-6-24(31,32)7-5-10)21-33-13-3-2-11(15(27)18(13)34-21)12(8-14(25)26)22(39)36-20(30)19(28)29/h2-3,10,12,14,17,19-20H,4-8H2,1H3,(H,33,34)(H,35,40)(H,36,39)/t12-,17-,20?/m0/s1. The highest BCUT2D eigenvalue weighted by molar-refractivity contribution is 5.93. The minimum atomic E-state index is -3.64. The van der Waals surface area contributed by atoms with Crippen LogP contribution in [-0.2, 0) is 4.79 Å². The van der Waals surface area contributed by atoms with Gasteiger partial charge in [0.25, 0.3) is 12.3 Å². The lowest BCUT2D eigenvalue weighted by Gasteiger charge is -2.33. The molecule has 17 heteroatoms. The second-order valence-electron chi connectivity index (χ2n) is 9.75. The number of carbonyl (C=O) groups is 2. The molecule has 3 atom stereocenters. The van der Waals surface area contributed by atoms with Gasteiger partial charge >= 0.3 is 0 Å². The second kappa shape index (κ2) is 12.0. The van der Waals surface area contributed by atoms with Gasteiger partial charge in [-0.1, -0.05) is 11.2 Å². The van der Waals surface area contributed by atoms with E-state index in [2.05, 4.69) is 30.2 Å². The van der Waals surface area contributed by atoms with Crippen LogP contribution in [-0.4, -0.2) is 57.2 Å². The summed E-state index contributed by atoms with van der Waals surface area (Å²) >= 11 is 0. The molecular formula is C24H24F8N6O3. The number of nitrogens with zero attached hydrogens (tertiary/aromatic N) is 3. The van der Waals surface area contributed by atoms with E-state index in [1.165, 1.54) is 18.3 Å². The first-order valence-electron chi connectivity index (χ1n) is 12.4. The number of amides is 2. The number of aromatic nitrogens is 4. The molecule has 1 saturated carbocycles. The summed E-state index contributed by atoms with van der Waals surface area (Å²) < 4.78 is 113. The zero-order valence-electron chi connectivity index (χ0n) is 21.2. The number of alkyl halides is 7. The fraction of sp³-hybridized carbons (Fsp3) is 0.542. The highest BCUT2D eigenvalue weighted by atomic mass is 19.3. The molecule has 224 valence electrons. The third-order valence-electron chi connectivity index (χ3n) is 6.93. The highest BCUT2D eigenvalue weighted by Crippen LogP contribution is 2.41. The molecule has 1 aromatic carbocycles. The van der Waals surface area contributed by atoms with E-state index >= 15 is 4.39 Å². The Hall–Kier alpha value is -3.79. The van der Waals surface area contributed by atoms with Gasteiger partial charge in [-0.2, -0.15) is 0 Å². The van der Waals surface area contributed by atoms with Gasteiger partial charge in [-0.3, -0.25) is 9.59 Å². The van der Waals surface area contributed by atoms with Crippen LogP contribution in [0.3, 0.4) is 0 Å². The van der Waals surface area contributed by atoms with Crippen molar-refractivity contribution in [2.75, 3.05) is 0 Å². The van der Waals surface area contributed by atoms with Crippen LogP contribution >= 0.6 is 0 Å². The maximum Gasteiger partial charge on any atom is 0.287 e.